The fraction of sp³-hybridized carbons (Fsp3) is 0.615. The van der Waals surface area contributed by atoms with Gasteiger partial charge < -0.3 is 14.4 Å². The van der Waals surface area contributed by atoms with Crippen molar-refractivity contribution in [3.63, 3.8) is 0 Å². The third kappa shape index (κ3) is 3.09. The normalized spacial score (nSPS) is 24.9. The first-order valence-electron chi connectivity index (χ1n) is 6.15. The summed E-state index contributed by atoms with van der Waals surface area (Å²) in [4.78, 5) is 13.8. The molecule has 1 aromatic rings. The van der Waals surface area contributed by atoms with Crippen LogP contribution in [0.1, 0.15) is 25.5 Å². The van der Waals surface area contributed by atoms with Gasteiger partial charge in [-0.1, -0.05) is 6.92 Å². The largest absolute Gasteiger partial charge is 0.469 e. The predicted molar refractivity (Wildman–Crippen MR) is 63.4 cm³/mol. The van der Waals surface area contributed by atoms with E-state index in [-0.39, 0.29) is 17.9 Å². The number of aryl methyl sites for hydroxylation is 1. The number of aliphatic hydroxyl groups excluding tert-OH is 1. The first kappa shape index (κ1) is 12.2. The van der Waals surface area contributed by atoms with Crippen molar-refractivity contribution >= 4 is 5.91 Å². The number of likely N-dealkylation sites (tertiary alicyclic amines) is 1. The van der Waals surface area contributed by atoms with Crippen LogP contribution in [0.3, 0.4) is 0 Å². The lowest BCUT2D eigenvalue weighted by molar-refractivity contribution is -0.134. The highest BCUT2D eigenvalue weighted by atomic mass is 16.3. The molecule has 2 unspecified atom stereocenters. The van der Waals surface area contributed by atoms with Crippen LogP contribution in [0, 0.1) is 5.92 Å². The van der Waals surface area contributed by atoms with E-state index in [0.29, 0.717) is 32.4 Å². The maximum atomic E-state index is 11.9. The molecule has 1 amide bonds. The van der Waals surface area contributed by atoms with Gasteiger partial charge in [0.2, 0.25) is 5.91 Å². The second-order valence-corrected chi connectivity index (χ2v) is 4.75. The number of carbonyl (C=O) groups is 1. The zero-order valence-corrected chi connectivity index (χ0v) is 10.1. The van der Waals surface area contributed by atoms with Crippen LogP contribution in [0.5, 0.6) is 0 Å². The predicted octanol–water partition coefficient (Wildman–Crippen LogP) is 1.44. The summed E-state index contributed by atoms with van der Waals surface area (Å²) >= 11 is 0. The molecule has 4 nitrogen and oxygen atoms in total. The number of furan rings is 1. The lowest BCUT2D eigenvalue weighted by Gasteiger charge is -2.34. The van der Waals surface area contributed by atoms with Crippen LogP contribution >= 0.6 is 0 Å². The second-order valence-electron chi connectivity index (χ2n) is 4.75. The van der Waals surface area contributed by atoms with E-state index in [1.165, 1.54) is 0 Å². The number of nitrogens with zero attached hydrogens (tertiary/aromatic N) is 1. The Morgan fingerprint density at radius 2 is 2.47 bits per heavy atom. The van der Waals surface area contributed by atoms with E-state index in [1.807, 2.05) is 24.0 Å². The fourth-order valence-corrected chi connectivity index (χ4v) is 2.20. The van der Waals surface area contributed by atoms with Crippen LogP contribution in [0.4, 0.5) is 0 Å². The first-order valence-corrected chi connectivity index (χ1v) is 6.15. The topological polar surface area (TPSA) is 53.7 Å². The number of rotatable bonds is 3. The highest BCUT2D eigenvalue weighted by molar-refractivity contribution is 5.76. The van der Waals surface area contributed by atoms with Gasteiger partial charge in [-0.2, -0.15) is 0 Å². The van der Waals surface area contributed by atoms with E-state index in [0.717, 1.165) is 5.76 Å². The highest BCUT2D eigenvalue weighted by Gasteiger charge is 2.26. The minimum absolute atomic E-state index is 0.153. The van der Waals surface area contributed by atoms with Crippen LogP contribution in [-0.4, -0.2) is 35.1 Å². The van der Waals surface area contributed by atoms with E-state index < -0.39 is 0 Å². The van der Waals surface area contributed by atoms with Crippen LogP contribution in [0.25, 0.3) is 0 Å². The lowest BCUT2D eigenvalue weighted by Crippen LogP contribution is -2.45. The molecule has 1 fully saturated rings. The Kier molecular flexibility index (Phi) is 3.84. The van der Waals surface area contributed by atoms with E-state index >= 15 is 0 Å². The number of amides is 1. The Labute approximate surface area is 101 Å². The quantitative estimate of drug-likeness (QED) is 0.865. The Morgan fingerprint density at radius 3 is 3.12 bits per heavy atom. The van der Waals surface area contributed by atoms with Crippen molar-refractivity contribution in [2.75, 3.05) is 13.1 Å². The summed E-state index contributed by atoms with van der Waals surface area (Å²) in [6.45, 7) is 3.32. The summed E-state index contributed by atoms with van der Waals surface area (Å²) in [6.07, 6.45) is 3.19. The Balaban J connectivity index is 1.80. The molecule has 0 aromatic carbocycles. The summed E-state index contributed by atoms with van der Waals surface area (Å²) in [7, 11) is 0. The van der Waals surface area contributed by atoms with Gasteiger partial charge in [0.25, 0.3) is 0 Å². The standard InChI is InChI=1S/C13H19NO3/c1-10-9-14(7-6-12(10)15)13(16)5-4-11-3-2-8-17-11/h2-3,8,10,12,15H,4-7,9H2,1H3. The summed E-state index contributed by atoms with van der Waals surface area (Å²) < 4.78 is 5.20. The molecule has 2 atom stereocenters. The third-order valence-electron chi connectivity index (χ3n) is 3.38. The third-order valence-corrected chi connectivity index (χ3v) is 3.38. The molecule has 0 aliphatic carbocycles. The maximum absolute atomic E-state index is 11.9. The van der Waals surface area contributed by atoms with Gasteiger partial charge in [-0.05, 0) is 24.5 Å². The van der Waals surface area contributed by atoms with Crippen LogP contribution in [0.2, 0.25) is 0 Å². The molecule has 0 radical (unpaired) electrons. The van der Waals surface area contributed by atoms with Gasteiger partial charge in [-0.25, -0.2) is 0 Å². The summed E-state index contributed by atoms with van der Waals surface area (Å²) in [5, 5.41) is 9.60. The van der Waals surface area contributed by atoms with Crippen molar-refractivity contribution in [1.29, 1.82) is 0 Å². The van der Waals surface area contributed by atoms with Crippen molar-refractivity contribution < 1.29 is 14.3 Å². The monoisotopic (exact) mass is 237 g/mol. The molecular formula is C13H19NO3. The number of aliphatic hydroxyl groups is 1. The number of carbonyl (C=O) groups excluding carboxylic acids is 1. The van der Waals surface area contributed by atoms with Gasteiger partial charge in [0.05, 0.1) is 12.4 Å². The van der Waals surface area contributed by atoms with E-state index in [9.17, 15) is 9.90 Å². The maximum Gasteiger partial charge on any atom is 0.223 e. The van der Waals surface area contributed by atoms with Gasteiger partial charge in [0.15, 0.2) is 0 Å². The van der Waals surface area contributed by atoms with Gasteiger partial charge in [-0.15, -0.1) is 0 Å². The Morgan fingerprint density at radius 1 is 1.65 bits per heavy atom. The average molecular weight is 237 g/mol. The molecule has 2 heterocycles. The minimum atomic E-state index is -0.260. The minimum Gasteiger partial charge on any atom is -0.469 e. The molecule has 0 saturated carbocycles. The molecule has 0 bridgehead atoms. The lowest BCUT2D eigenvalue weighted by atomic mass is 9.96. The summed E-state index contributed by atoms with van der Waals surface area (Å²) in [5.41, 5.74) is 0. The Hall–Kier alpha value is -1.29. The molecule has 94 valence electrons. The molecule has 1 aliphatic heterocycles. The molecule has 17 heavy (non-hydrogen) atoms. The van der Waals surface area contributed by atoms with E-state index in [1.54, 1.807) is 6.26 Å². The fourth-order valence-electron chi connectivity index (χ4n) is 2.20. The molecule has 1 aliphatic rings. The summed E-state index contributed by atoms with van der Waals surface area (Å²) in [5.74, 6) is 1.18. The average Bonchev–Trinajstić information content (AvgIpc) is 2.82. The van der Waals surface area contributed by atoms with E-state index in [2.05, 4.69) is 0 Å². The molecule has 2 rings (SSSR count). The number of hydrogen-bond donors (Lipinski definition) is 1. The van der Waals surface area contributed by atoms with Gasteiger partial charge in [-0.3, -0.25) is 4.79 Å². The van der Waals surface area contributed by atoms with Crippen molar-refractivity contribution in [1.82, 2.24) is 4.90 Å². The SMILES string of the molecule is CC1CN(C(=O)CCc2ccco2)CCC1O. The van der Waals surface area contributed by atoms with Crippen LogP contribution in [0.15, 0.2) is 22.8 Å². The van der Waals surface area contributed by atoms with E-state index in [4.69, 9.17) is 4.42 Å². The molecule has 1 N–H and O–H groups in total. The van der Waals surface area contributed by atoms with Crippen LogP contribution in [-0.2, 0) is 11.2 Å². The van der Waals surface area contributed by atoms with Gasteiger partial charge in [0.1, 0.15) is 5.76 Å². The highest BCUT2D eigenvalue weighted by Crippen LogP contribution is 2.17. The van der Waals surface area contributed by atoms with Crippen molar-refractivity contribution in [2.45, 2.75) is 32.3 Å². The Bertz CT molecular complexity index is 361. The number of piperidine rings is 1. The molecule has 1 saturated heterocycles. The van der Waals surface area contributed by atoms with Gasteiger partial charge in [0, 0.05) is 25.9 Å². The second kappa shape index (κ2) is 5.36. The first-order chi connectivity index (χ1) is 8.16. The van der Waals surface area contributed by atoms with Crippen molar-refractivity contribution in [3.8, 4) is 0 Å². The zero-order chi connectivity index (χ0) is 12.3. The van der Waals surface area contributed by atoms with Crippen LogP contribution < -0.4 is 0 Å². The molecule has 4 heteroatoms. The zero-order valence-electron chi connectivity index (χ0n) is 10.1. The molecule has 1 aromatic heterocycles. The van der Waals surface area contributed by atoms with Crippen molar-refractivity contribution in [3.05, 3.63) is 24.2 Å². The van der Waals surface area contributed by atoms with Gasteiger partial charge >= 0.3 is 0 Å². The number of hydrogen-bond acceptors (Lipinski definition) is 3. The summed E-state index contributed by atoms with van der Waals surface area (Å²) in [6, 6.07) is 3.72. The smallest absolute Gasteiger partial charge is 0.223 e. The van der Waals surface area contributed by atoms with Crippen molar-refractivity contribution in [2.24, 2.45) is 5.92 Å². The molecule has 0 spiro atoms. The molecular weight excluding hydrogens is 218 g/mol.